The first kappa shape index (κ1) is 10.6. The summed E-state index contributed by atoms with van der Waals surface area (Å²) in [7, 11) is 0. The van der Waals surface area contributed by atoms with Gasteiger partial charge in [0.15, 0.2) is 0 Å². The Hall–Kier alpha value is -1.50. The molecule has 0 saturated carbocycles. The summed E-state index contributed by atoms with van der Waals surface area (Å²) in [5.74, 6) is 0. The third kappa shape index (κ3) is 1.87. The van der Waals surface area contributed by atoms with Crippen molar-refractivity contribution >= 4 is 0 Å². The molecule has 0 bridgehead atoms. The van der Waals surface area contributed by atoms with Crippen LogP contribution in [0.3, 0.4) is 0 Å². The molecule has 0 aliphatic rings. The van der Waals surface area contributed by atoms with Crippen molar-refractivity contribution in [2.75, 3.05) is 0 Å². The van der Waals surface area contributed by atoms with Gasteiger partial charge in [0.2, 0.25) is 0 Å². The summed E-state index contributed by atoms with van der Waals surface area (Å²) in [5.41, 5.74) is -0.946. The normalized spacial score (nSPS) is 11.1. The summed E-state index contributed by atoms with van der Waals surface area (Å²) < 4.78 is 37.6. The van der Waals surface area contributed by atoms with E-state index >= 15 is 0 Å². The first-order chi connectivity index (χ1) is 6.50. The Morgan fingerprint density at radius 3 is 2.43 bits per heavy atom. The molecule has 1 rings (SSSR count). The van der Waals surface area contributed by atoms with Crippen molar-refractivity contribution in [3.05, 3.63) is 34.9 Å². The van der Waals surface area contributed by atoms with Gasteiger partial charge in [-0.05, 0) is 18.1 Å². The van der Waals surface area contributed by atoms with E-state index in [1.54, 1.807) is 13.0 Å². The highest BCUT2D eigenvalue weighted by molar-refractivity contribution is 5.44. The molecular formula is C10H8F3N. The minimum Gasteiger partial charge on any atom is -0.192 e. The first-order valence-electron chi connectivity index (χ1n) is 4.10. The van der Waals surface area contributed by atoms with Gasteiger partial charge in [-0.1, -0.05) is 19.1 Å². The number of aryl methyl sites for hydroxylation is 1. The van der Waals surface area contributed by atoms with E-state index in [2.05, 4.69) is 0 Å². The van der Waals surface area contributed by atoms with Crippen molar-refractivity contribution in [2.45, 2.75) is 19.5 Å². The van der Waals surface area contributed by atoms with Crippen molar-refractivity contribution in [2.24, 2.45) is 0 Å². The largest absolute Gasteiger partial charge is 0.417 e. The molecule has 14 heavy (non-hydrogen) atoms. The molecule has 0 heterocycles. The summed E-state index contributed by atoms with van der Waals surface area (Å²) in [6, 6.07) is 5.60. The summed E-state index contributed by atoms with van der Waals surface area (Å²) in [4.78, 5) is 0. The lowest BCUT2D eigenvalue weighted by Crippen LogP contribution is -2.11. The smallest absolute Gasteiger partial charge is 0.192 e. The minimum atomic E-state index is -4.45. The predicted molar refractivity (Wildman–Crippen MR) is 45.5 cm³/mol. The van der Waals surface area contributed by atoms with E-state index in [4.69, 9.17) is 5.26 Å². The second-order valence-corrected chi connectivity index (χ2v) is 2.80. The highest BCUT2D eigenvalue weighted by Crippen LogP contribution is 2.34. The zero-order valence-electron chi connectivity index (χ0n) is 7.52. The predicted octanol–water partition coefficient (Wildman–Crippen LogP) is 3.14. The number of nitrogens with zero attached hydrogens (tertiary/aromatic N) is 1. The molecule has 0 radical (unpaired) electrons. The molecule has 0 aliphatic carbocycles. The van der Waals surface area contributed by atoms with Crippen LogP contribution in [0.15, 0.2) is 18.2 Å². The van der Waals surface area contributed by atoms with E-state index in [1.165, 1.54) is 18.2 Å². The highest BCUT2D eigenvalue weighted by atomic mass is 19.4. The Balaban J connectivity index is 3.44. The van der Waals surface area contributed by atoms with Gasteiger partial charge in [-0.2, -0.15) is 18.4 Å². The third-order valence-electron chi connectivity index (χ3n) is 1.94. The summed E-state index contributed by atoms with van der Waals surface area (Å²) >= 11 is 0. The molecule has 0 amide bonds. The van der Waals surface area contributed by atoms with Gasteiger partial charge in [0.05, 0.1) is 17.2 Å². The summed E-state index contributed by atoms with van der Waals surface area (Å²) in [6.07, 6.45) is -4.18. The van der Waals surface area contributed by atoms with Gasteiger partial charge in [0.1, 0.15) is 0 Å². The van der Waals surface area contributed by atoms with E-state index in [1.807, 2.05) is 0 Å². The van der Waals surface area contributed by atoms with Crippen LogP contribution < -0.4 is 0 Å². The number of benzene rings is 1. The van der Waals surface area contributed by atoms with Gasteiger partial charge in [0, 0.05) is 0 Å². The van der Waals surface area contributed by atoms with Crippen LogP contribution in [0.25, 0.3) is 0 Å². The Bertz CT molecular complexity index is 374. The molecule has 0 N–H and O–H groups in total. The molecule has 0 saturated heterocycles. The molecule has 4 heteroatoms. The van der Waals surface area contributed by atoms with Crippen LogP contribution >= 0.6 is 0 Å². The van der Waals surface area contributed by atoms with Crippen molar-refractivity contribution in [3.8, 4) is 6.07 Å². The van der Waals surface area contributed by atoms with Gasteiger partial charge < -0.3 is 0 Å². The molecular weight excluding hydrogens is 191 g/mol. The van der Waals surface area contributed by atoms with Gasteiger partial charge in [0.25, 0.3) is 0 Å². The molecule has 0 fully saturated rings. The maximum atomic E-state index is 12.5. The highest BCUT2D eigenvalue weighted by Gasteiger charge is 2.35. The van der Waals surface area contributed by atoms with Crippen LogP contribution in [0.2, 0.25) is 0 Å². The average Bonchev–Trinajstić information content (AvgIpc) is 2.15. The van der Waals surface area contributed by atoms with Crippen molar-refractivity contribution in [1.29, 1.82) is 5.26 Å². The molecule has 0 unspecified atom stereocenters. The van der Waals surface area contributed by atoms with Crippen molar-refractivity contribution in [1.82, 2.24) is 0 Å². The fraction of sp³-hybridized carbons (Fsp3) is 0.300. The number of nitriles is 1. The Morgan fingerprint density at radius 2 is 2.00 bits per heavy atom. The molecule has 0 aromatic heterocycles. The zero-order chi connectivity index (χ0) is 10.8. The molecule has 1 nitrogen and oxygen atoms in total. The van der Waals surface area contributed by atoms with Gasteiger partial charge in [-0.15, -0.1) is 0 Å². The Labute approximate surface area is 79.8 Å². The monoisotopic (exact) mass is 199 g/mol. The lowest BCUT2D eigenvalue weighted by Gasteiger charge is -2.12. The van der Waals surface area contributed by atoms with Gasteiger partial charge in [-0.3, -0.25) is 0 Å². The molecule has 74 valence electrons. The number of alkyl halides is 3. The lowest BCUT2D eigenvalue weighted by molar-refractivity contribution is -0.138. The van der Waals surface area contributed by atoms with Gasteiger partial charge in [-0.25, -0.2) is 0 Å². The van der Waals surface area contributed by atoms with E-state index in [0.717, 1.165) is 0 Å². The van der Waals surface area contributed by atoms with Gasteiger partial charge >= 0.3 is 6.18 Å². The van der Waals surface area contributed by atoms with E-state index < -0.39 is 11.7 Å². The first-order valence-corrected chi connectivity index (χ1v) is 4.10. The SMILES string of the molecule is CCc1cccc(C#N)c1C(F)(F)F. The Kier molecular flexibility index (Phi) is 2.80. The average molecular weight is 199 g/mol. The molecule has 0 spiro atoms. The number of rotatable bonds is 1. The number of halogens is 3. The van der Waals surface area contributed by atoms with Crippen molar-refractivity contribution < 1.29 is 13.2 Å². The van der Waals surface area contributed by atoms with Crippen LogP contribution in [-0.2, 0) is 12.6 Å². The quantitative estimate of drug-likeness (QED) is 0.681. The number of hydrogen-bond acceptors (Lipinski definition) is 1. The fourth-order valence-corrected chi connectivity index (χ4v) is 1.32. The van der Waals surface area contributed by atoms with Crippen LogP contribution in [0.4, 0.5) is 13.2 Å². The molecule has 1 aromatic carbocycles. The van der Waals surface area contributed by atoms with Crippen LogP contribution in [0.1, 0.15) is 23.6 Å². The van der Waals surface area contributed by atoms with Crippen LogP contribution in [0.5, 0.6) is 0 Å². The van der Waals surface area contributed by atoms with E-state index in [0.29, 0.717) is 0 Å². The van der Waals surface area contributed by atoms with E-state index in [9.17, 15) is 13.2 Å². The minimum absolute atomic E-state index is 0.163. The van der Waals surface area contributed by atoms with E-state index in [-0.39, 0.29) is 17.5 Å². The van der Waals surface area contributed by atoms with Crippen molar-refractivity contribution in [3.63, 3.8) is 0 Å². The third-order valence-corrected chi connectivity index (χ3v) is 1.94. The fourth-order valence-electron chi connectivity index (χ4n) is 1.32. The second-order valence-electron chi connectivity index (χ2n) is 2.80. The number of hydrogen-bond donors (Lipinski definition) is 0. The summed E-state index contributed by atoms with van der Waals surface area (Å²) in [6.45, 7) is 1.63. The van der Waals surface area contributed by atoms with Crippen LogP contribution in [-0.4, -0.2) is 0 Å². The zero-order valence-corrected chi connectivity index (χ0v) is 7.52. The summed E-state index contributed by atoms with van der Waals surface area (Å²) in [5, 5.41) is 8.55. The molecule has 0 aliphatic heterocycles. The Morgan fingerprint density at radius 1 is 1.36 bits per heavy atom. The topological polar surface area (TPSA) is 23.8 Å². The molecule has 0 atom stereocenters. The maximum Gasteiger partial charge on any atom is 0.417 e. The standard InChI is InChI=1S/C10H8F3N/c1-2-7-4-3-5-8(6-14)9(7)10(11,12)13/h3-5H,2H2,1H3. The van der Waals surface area contributed by atoms with Crippen LogP contribution in [0, 0.1) is 11.3 Å². The molecule has 1 aromatic rings. The maximum absolute atomic E-state index is 12.5. The lowest BCUT2D eigenvalue weighted by atomic mass is 9.99. The second kappa shape index (κ2) is 3.70.